The number of anilines is 2. The van der Waals surface area contributed by atoms with E-state index in [0.29, 0.717) is 21.8 Å². The number of sulfonamides is 1. The lowest BCUT2D eigenvalue weighted by atomic mass is 9.99. The number of hydrogen-bond donors (Lipinski definition) is 0. The highest BCUT2D eigenvalue weighted by Crippen LogP contribution is 2.37. The van der Waals surface area contributed by atoms with Crippen LogP contribution in [0.4, 0.5) is 25.0 Å². The van der Waals surface area contributed by atoms with Gasteiger partial charge in [0.25, 0.3) is 10.0 Å². The molecule has 0 heterocycles. The number of carbonyl (C=O) groups is 1. The van der Waals surface area contributed by atoms with E-state index in [1.807, 2.05) is 18.2 Å². The molecule has 0 saturated heterocycles. The van der Waals surface area contributed by atoms with Gasteiger partial charge in [-0.1, -0.05) is 54.1 Å². The molecule has 0 radical (unpaired) electrons. The Bertz CT molecular complexity index is 1590. The van der Waals surface area contributed by atoms with Crippen LogP contribution in [0.2, 0.25) is 5.02 Å². The van der Waals surface area contributed by atoms with Gasteiger partial charge in [-0.05, 0) is 66.6 Å². The van der Waals surface area contributed by atoms with Crippen LogP contribution < -0.4 is 9.21 Å². The molecule has 0 fully saturated rings. The maximum Gasteiger partial charge on any atom is 0.414 e. The topological polar surface area (TPSA) is 66.9 Å². The fraction of sp³-hybridized carbons (Fsp3) is 0.167. The van der Waals surface area contributed by atoms with Crippen LogP contribution in [0, 0.1) is 11.6 Å². The Morgan fingerprint density at radius 2 is 1.57 bits per heavy atom. The summed E-state index contributed by atoms with van der Waals surface area (Å²) >= 11 is 5.95. The maximum atomic E-state index is 15.1. The van der Waals surface area contributed by atoms with Crippen LogP contribution in [0.1, 0.15) is 24.1 Å². The number of benzene rings is 4. The van der Waals surface area contributed by atoms with Crippen LogP contribution in [-0.2, 0) is 21.2 Å². The Balaban J connectivity index is 1.64. The van der Waals surface area contributed by atoms with E-state index < -0.39 is 39.5 Å². The van der Waals surface area contributed by atoms with E-state index in [4.69, 9.17) is 16.3 Å². The second kappa shape index (κ2) is 12.5. The summed E-state index contributed by atoms with van der Waals surface area (Å²) < 4.78 is 63.4. The third-order valence-electron chi connectivity index (χ3n) is 6.39. The lowest BCUT2D eigenvalue weighted by Crippen LogP contribution is -2.35. The van der Waals surface area contributed by atoms with Crippen LogP contribution in [-0.4, -0.2) is 28.2 Å². The molecule has 4 aromatic carbocycles. The first-order chi connectivity index (χ1) is 19.1. The summed E-state index contributed by atoms with van der Waals surface area (Å²) in [6, 6.07) is 23.1. The number of carbonyl (C=O) groups excluding carboxylic acids is 1. The molecule has 10 heteroatoms. The van der Waals surface area contributed by atoms with Crippen LogP contribution in [0.3, 0.4) is 0 Å². The van der Waals surface area contributed by atoms with Crippen molar-refractivity contribution >= 4 is 39.1 Å². The zero-order valence-electron chi connectivity index (χ0n) is 21.8. The molecule has 0 unspecified atom stereocenters. The average Bonchev–Trinajstić information content (AvgIpc) is 2.95. The predicted octanol–water partition coefficient (Wildman–Crippen LogP) is 7.39. The molecular formula is C30H27ClF2N2O4S. The minimum atomic E-state index is -4.37. The maximum absolute atomic E-state index is 15.1. The van der Waals surface area contributed by atoms with Crippen molar-refractivity contribution in [3.8, 4) is 0 Å². The van der Waals surface area contributed by atoms with E-state index in [0.717, 1.165) is 22.5 Å². The van der Waals surface area contributed by atoms with Crippen LogP contribution in [0.5, 0.6) is 0 Å². The summed E-state index contributed by atoms with van der Waals surface area (Å²) in [4.78, 5) is 13.8. The molecule has 4 aromatic rings. The van der Waals surface area contributed by atoms with Crippen molar-refractivity contribution in [2.45, 2.75) is 24.3 Å². The third kappa shape index (κ3) is 6.43. The van der Waals surface area contributed by atoms with Gasteiger partial charge in [0.05, 0.1) is 23.2 Å². The molecule has 208 valence electrons. The van der Waals surface area contributed by atoms with Crippen molar-refractivity contribution in [1.29, 1.82) is 0 Å². The van der Waals surface area contributed by atoms with Gasteiger partial charge in [-0.2, -0.15) is 0 Å². The van der Waals surface area contributed by atoms with Gasteiger partial charge in [-0.15, -0.1) is 0 Å². The Kier molecular flexibility index (Phi) is 9.07. The number of amides is 1. The predicted molar refractivity (Wildman–Crippen MR) is 152 cm³/mol. The van der Waals surface area contributed by atoms with Crippen LogP contribution in [0.25, 0.3) is 0 Å². The van der Waals surface area contributed by atoms with Crippen molar-refractivity contribution in [2.24, 2.45) is 0 Å². The fourth-order valence-corrected chi connectivity index (χ4v) is 6.08. The monoisotopic (exact) mass is 584 g/mol. The average molecular weight is 585 g/mol. The van der Waals surface area contributed by atoms with Crippen molar-refractivity contribution in [1.82, 2.24) is 0 Å². The lowest BCUT2D eigenvalue weighted by Gasteiger charge is -2.32. The largest absolute Gasteiger partial charge is 0.449 e. The summed E-state index contributed by atoms with van der Waals surface area (Å²) in [6.45, 7) is 1.60. The summed E-state index contributed by atoms with van der Waals surface area (Å²) in [5, 5.41) is 0.327. The molecular weight excluding hydrogens is 558 g/mol. The molecule has 0 spiro atoms. The third-order valence-corrected chi connectivity index (χ3v) is 8.54. The molecule has 0 saturated carbocycles. The smallest absolute Gasteiger partial charge is 0.414 e. The second-order valence-electron chi connectivity index (χ2n) is 8.98. The zero-order chi connectivity index (χ0) is 28.9. The molecule has 0 aliphatic heterocycles. The van der Waals surface area contributed by atoms with Crippen molar-refractivity contribution < 1.29 is 26.7 Å². The van der Waals surface area contributed by atoms with Gasteiger partial charge in [0.2, 0.25) is 0 Å². The number of halogens is 3. The van der Waals surface area contributed by atoms with Crippen molar-refractivity contribution in [3.63, 3.8) is 0 Å². The van der Waals surface area contributed by atoms with Crippen molar-refractivity contribution in [2.75, 3.05) is 22.9 Å². The molecule has 1 atom stereocenters. The van der Waals surface area contributed by atoms with Crippen LogP contribution in [0.15, 0.2) is 102 Å². The summed E-state index contributed by atoms with van der Waals surface area (Å²) in [5.74, 6) is -1.69. The molecule has 1 amide bonds. The molecule has 0 N–H and O–H groups in total. The Morgan fingerprint density at radius 1 is 0.925 bits per heavy atom. The standard InChI is InChI=1S/C30H27ClF2N2O4S/c1-21(27-11-7-6-8-22(27)18-19-39-30(36)34(2)25-9-4-3-5-10-25)35(29-20-24(32)14-17-28(29)33)40(37,38)26-15-12-23(31)13-16-26/h3-17,20-21H,18-19H2,1-2H3/t21-/m1/s1. The number of hydrogen-bond acceptors (Lipinski definition) is 4. The van der Waals surface area contributed by atoms with E-state index in [9.17, 15) is 17.6 Å². The van der Waals surface area contributed by atoms with E-state index in [-0.39, 0.29) is 17.9 Å². The lowest BCUT2D eigenvalue weighted by molar-refractivity contribution is 0.156. The highest BCUT2D eigenvalue weighted by atomic mass is 35.5. The normalized spacial score (nSPS) is 12.0. The summed E-state index contributed by atoms with van der Waals surface area (Å²) in [5.41, 5.74) is 1.45. The zero-order valence-corrected chi connectivity index (χ0v) is 23.4. The van der Waals surface area contributed by atoms with E-state index in [2.05, 4.69) is 0 Å². The fourth-order valence-electron chi connectivity index (χ4n) is 4.32. The second-order valence-corrected chi connectivity index (χ2v) is 11.2. The van der Waals surface area contributed by atoms with Gasteiger partial charge in [0.1, 0.15) is 11.6 Å². The van der Waals surface area contributed by atoms with Gasteiger partial charge in [-0.3, -0.25) is 9.21 Å². The summed E-state index contributed by atoms with van der Waals surface area (Å²) in [6.07, 6.45) is -0.291. The van der Waals surface area contributed by atoms with E-state index in [1.165, 1.54) is 29.2 Å². The molecule has 0 aliphatic carbocycles. The number of ether oxygens (including phenoxy) is 1. The molecule has 0 bridgehead atoms. The number of rotatable bonds is 9. The van der Waals surface area contributed by atoms with Gasteiger partial charge in [-0.25, -0.2) is 22.0 Å². The first-order valence-electron chi connectivity index (χ1n) is 12.4. The number of para-hydroxylation sites is 1. The van der Waals surface area contributed by atoms with E-state index >= 15 is 4.39 Å². The van der Waals surface area contributed by atoms with E-state index in [1.54, 1.807) is 50.4 Å². The highest BCUT2D eigenvalue weighted by Gasteiger charge is 2.33. The van der Waals surface area contributed by atoms with Crippen molar-refractivity contribution in [3.05, 3.63) is 125 Å². The molecule has 40 heavy (non-hydrogen) atoms. The van der Waals surface area contributed by atoms with Gasteiger partial charge in [0.15, 0.2) is 0 Å². The quantitative estimate of drug-likeness (QED) is 0.206. The minimum absolute atomic E-state index is 0.0119. The summed E-state index contributed by atoms with van der Waals surface area (Å²) in [7, 11) is -2.78. The van der Waals surface area contributed by atoms with Crippen LogP contribution >= 0.6 is 11.6 Å². The first-order valence-corrected chi connectivity index (χ1v) is 14.2. The Morgan fingerprint density at radius 3 is 2.27 bits per heavy atom. The first kappa shape index (κ1) is 29.0. The number of nitrogens with zero attached hydrogens (tertiary/aromatic N) is 2. The van der Waals surface area contributed by atoms with Gasteiger partial charge < -0.3 is 4.74 Å². The molecule has 4 rings (SSSR count). The molecule has 0 aliphatic rings. The minimum Gasteiger partial charge on any atom is -0.449 e. The SMILES string of the molecule is C[C@H](c1ccccc1CCOC(=O)N(C)c1ccccc1)N(c1cc(F)ccc1F)S(=O)(=O)c1ccc(Cl)cc1. The molecule has 0 aromatic heterocycles. The Hall–Kier alpha value is -3.95. The highest BCUT2D eigenvalue weighted by molar-refractivity contribution is 7.92. The Labute approximate surface area is 237 Å². The van der Waals surface area contributed by atoms with Gasteiger partial charge in [0, 0.05) is 30.2 Å². The van der Waals surface area contributed by atoms with Gasteiger partial charge >= 0.3 is 6.09 Å². The molecule has 6 nitrogen and oxygen atoms in total.